The fourth-order valence-corrected chi connectivity index (χ4v) is 2.10. The number of para-hydroxylation sites is 1. The number of hydrogen-bond acceptors (Lipinski definition) is 2. The molecule has 0 aliphatic rings. The first-order chi connectivity index (χ1) is 10.4. The summed E-state index contributed by atoms with van der Waals surface area (Å²) in [6.07, 6.45) is -1.16. The summed E-state index contributed by atoms with van der Waals surface area (Å²) in [6.45, 7) is 1.83. The van der Waals surface area contributed by atoms with Gasteiger partial charge in [0.1, 0.15) is 0 Å². The molecule has 1 aromatic carbocycles. The Morgan fingerprint density at radius 2 is 1.95 bits per heavy atom. The lowest BCUT2D eigenvalue weighted by Crippen LogP contribution is -2.18. The monoisotopic (exact) mass is 308 g/mol. The molecule has 2 rings (SSSR count). The van der Waals surface area contributed by atoms with Crippen LogP contribution in [0.5, 0.6) is 0 Å². The smallest absolute Gasteiger partial charge is 0.325 e. The molecule has 0 radical (unpaired) electrons. The molecule has 0 fully saturated rings. The van der Waals surface area contributed by atoms with Crippen LogP contribution in [0.4, 0.5) is 18.9 Å². The first-order valence-electron chi connectivity index (χ1n) is 6.74. The van der Waals surface area contributed by atoms with Gasteiger partial charge in [0.25, 0.3) is 0 Å². The zero-order valence-electron chi connectivity index (χ0n) is 11.9. The summed E-state index contributed by atoms with van der Waals surface area (Å²) < 4.78 is 38.6. The maximum absolute atomic E-state index is 12.9. The molecular weight excluding hydrogens is 293 g/mol. The molecule has 1 atom stereocenters. The van der Waals surface area contributed by atoms with Crippen molar-refractivity contribution in [1.82, 2.24) is 4.98 Å². The summed E-state index contributed by atoms with van der Waals surface area (Å²) in [5.74, 6) is -0.597. The molecule has 1 unspecified atom stereocenters. The van der Waals surface area contributed by atoms with Crippen LogP contribution >= 0.6 is 0 Å². The highest BCUT2D eigenvalue weighted by Gasteiger charge is 2.33. The second-order valence-electron chi connectivity index (χ2n) is 4.98. The molecule has 0 saturated heterocycles. The van der Waals surface area contributed by atoms with Crippen LogP contribution < -0.4 is 5.32 Å². The van der Waals surface area contributed by atoms with E-state index in [1.165, 1.54) is 18.2 Å². The van der Waals surface area contributed by atoms with E-state index < -0.39 is 17.6 Å². The molecule has 0 spiro atoms. The summed E-state index contributed by atoms with van der Waals surface area (Å²) in [6, 6.07) is 8.51. The number of benzene rings is 1. The van der Waals surface area contributed by atoms with Gasteiger partial charge in [0.15, 0.2) is 0 Å². The Labute approximate surface area is 126 Å². The molecule has 0 aliphatic heterocycles. The lowest BCUT2D eigenvalue weighted by molar-refractivity contribution is -0.137. The molecule has 1 heterocycles. The third-order valence-electron chi connectivity index (χ3n) is 3.25. The molecule has 22 heavy (non-hydrogen) atoms. The third-order valence-corrected chi connectivity index (χ3v) is 3.25. The van der Waals surface area contributed by atoms with E-state index in [2.05, 4.69) is 10.3 Å². The molecule has 0 aliphatic carbocycles. The number of carbonyl (C=O) groups is 1. The zero-order valence-corrected chi connectivity index (χ0v) is 11.9. The van der Waals surface area contributed by atoms with Gasteiger partial charge in [-0.1, -0.05) is 25.1 Å². The van der Waals surface area contributed by atoms with Gasteiger partial charge in [0, 0.05) is 18.8 Å². The Balaban J connectivity index is 2.07. The number of halogens is 3. The summed E-state index contributed by atoms with van der Waals surface area (Å²) in [4.78, 5) is 15.9. The molecule has 6 heteroatoms. The van der Waals surface area contributed by atoms with Crippen molar-refractivity contribution in [1.29, 1.82) is 0 Å². The van der Waals surface area contributed by atoms with Crippen molar-refractivity contribution in [3.05, 3.63) is 59.9 Å². The topological polar surface area (TPSA) is 42.0 Å². The van der Waals surface area contributed by atoms with Crippen LogP contribution in [0.15, 0.2) is 48.8 Å². The average Bonchev–Trinajstić information content (AvgIpc) is 2.47. The summed E-state index contributed by atoms with van der Waals surface area (Å²) in [7, 11) is 0. The van der Waals surface area contributed by atoms with Crippen LogP contribution in [0.25, 0.3) is 0 Å². The highest BCUT2D eigenvalue weighted by Crippen LogP contribution is 2.34. The number of rotatable bonds is 4. The third kappa shape index (κ3) is 4.07. The lowest BCUT2D eigenvalue weighted by Gasteiger charge is -2.15. The number of amides is 1. The van der Waals surface area contributed by atoms with Gasteiger partial charge in [-0.3, -0.25) is 9.78 Å². The summed E-state index contributed by atoms with van der Waals surface area (Å²) in [5.41, 5.74) is -0.211. The van der Waals surface area contributed by atoms with E-state index in [4.69, 9.17) is 0 Å². The van der Waals surface area contributed by atoms with Gasteiger partial charge in [-0.25, -0.2) is 0 Å². The van der Waals surface area contributed by atoms with Gasteiger partial charge in [0.2, 0.25) is 5.91 Å². The number of carbonyl (C=O) groups excluding carboxylic acids is 1. The Morgan fingerprint density at radius 3 is 2.59 bits per heavy atom. The molecule has 3 nitrogen and oxygen atoms in total. The van der Waals surface area contributed by atoms with Crippen LogP contribution in [-0.2, 0) is 11.0 Å². The molecule has 0 bridgehead atoms. The molecule has 1 N–H and O–H groups in total. The minimum absolute atomic E-state index is 0.0812. The normalized spacial score (nSPS) is 12.7. The second kappa shape index (κ2) is 6.60. The maximum atomic E-state index is 12.9. The fourth-order valence-electron chi connectivity index (χ4n) is 2.10. The summed E-state index contributed by atoms with van der Waals surface area (Å²) >= 11 is 0. The largest absolute Gasteiger partial charge is 0.418 e. The Hall–Kier alpha value is -2.37. The number of pyridine rings is 1. The zero-order chi connectivity index (χ0) is 16.2. The number of hydrogen-bond donors (Lipinski definition) is 1. The molecule has 0 saturated carbocycles. The van der Waals surface area contributed by atoms with Crippen molar-refractivity contribution >= 4 is 11.6 Å². The van der Waals surface area contributed by atoms with Crippen molar-refractivity contribution in [2.75, 3.05) is 5.32 Å². The quantitative estimate of drug-likeness (QED) is 0.918. The van der Waals surface area contributed by atoms with Crippen molar-refractivity contribution in [2.45, 2.75) is 25.4 Å². The van der Waals surface area contributed by atoms with Gasteiger partial charge in [-0.15, -0.1) is 0 Å². The van der Waals surface area contributed by atoms with Crippen molar-refractivity contribution in [3.63, 3.8) is 0 Å². The van der Waals surface area contributed by atoms with Gasteiger partial charge < -0.3 is 5.32 Å². The van der Waals surface area contributed by atoms with Gasteiger partial charge in [0.05, 0.1) is 11.3 Å². The number of anilines is 1. The van der Waals surface area contributed by atoms with Crippen molar-refractivity contribution in [2.24, 2.45) is 0 Å². The Kier molecular flexibility index (Phi) is 4.80. The first kappa shape index (κ1) is 16.0. The SMILES string of the molecule is CC(CC(=O)Nc1ccccc1C(F)(F)F)c1cccnc1. The standard InChI is InChI=1S/C16H15F3N2O/c1-11(12-5-4-8-20-10-12)9-15(22)21-14-7-3-2-6-13(14)16(17,18)19/h2-8,10-11H,9H2,1H3,(H,21,22). The van der Waals surface area contributed by atoms with Crippen molar-refractivity contribution < 1.29 is 18.0 Å². The van der Waals surface area contributed by atoms with E-state index in [-0.39, 0.29) is 18.0 Å². The number of nitrogens with zero attached hydrogens (tertiary/aromatic N) is 1. The van der Waals surface area contributed by atoms with E-state index in [0.717, 1.165) is 11.6 Å². The minimum Gasteiger partial charge on any atom is -0.325 e. The van der Waals surface area contributed by atoms with E-state index >= 15 is 0 Å². The fraction of sp³-hybridized carbons (Fsp3) is 0.250. The van der Waals surface area contributed by atoms with E-state index in [1.807, 2.05) is 13.0 Å². The van der Waals surface area contributed by atoms with Crippen LogP contribution in [-0.4, -0.2) is 10.9 Å². The molecule has 1 aromatic heterocycles. The van der Waals surface area contributed by atoms with Crippen LogP contribution in [0.3, 0.4) is 0 Å². The predicted molar refractivity (Wildman–Crippen MR) is 77.3 cm³/mol. The average molecular weight is 308 g/mol. The molecule has 2 aromatic rings. The highest BCUT2D eigenvalue weighted by atomic mass is 19.4. The number of aromatic nitrogens is 1. The number of alkyl halides is 3. The molecule has 116 valence electrons. The van der Waals surface area contributed by atoms with Crippen molar-refractivity contribution in [3.8, 4) is 0 Å². The highest BCUT2D eigenvalue weighted by molar-refractivity contribution is 5.92. The second-order valence-corrected chi connectivity index (χ2v) is 4.98. The van der Waals surface area contributed by atoms with E-state index in [9.17, 15) is 18.0 Å². The van der Waals surface area contributed by atoms with Crippen LogP contribution in [0, 0.1) is 0 Å². The summed E-state index contributed by atoms with van der Waals surface area (Å²) in [5, 5.41) is 2.34. The minimum atomic E-state index is -4.50. The van der Waals surface area contributed by atoms with Gasteiger partial charge in [-0.2, -0.15) is 13.2 Å². The maximum Gasteiger partial charge on any atom is 0.418 e. The van der Waals surface area contributed by atoms with Crippen LogP contribution in [0.2, 0.25) is 0 Å². The predicted octanol–water partition coefficient (Wildman–Crippen LogP) is 4.23. The lowest BCUT2D eigenvalue weighted by atomic mass is 9.99. The molecular formula is C16H15F3N2O. The number of nitrogens with one attached hydrogen (secondary N) is 1. The van der Waals surface area contributed by atoms with E-state index in [0.29, 0.717) is 0 Å². The first-order valence-corrected chi connectivity index (χ1v) is 6.74. The van der Waals surface area contributed by atoms with Gasteiger partial charge >= 0.3 is 6.18 Å². The van der Waals surface area contributed by atoms with Crippen LogP contribution in [0.1, 0.15) is 30.4 Å². The van der Waals surface area contributed by atoms with Gasteiger partial charge in [-0.05, 0) is 29.7 Å². The molecule has 1 amide bonds. The van der Waals surface area contributed by atoms with E-state index in [1.54, 1.807) is 18.5 Å². The Bertz CT molecular complexity index is 641. The Morgan fingerprint density at radius 1 is 1.23 bits per heavy atom.